The molecular weight excluding hydrogens is 298 g/mol. The van der Waals surface area contributed by atoms with Crippen LogP contribution in [-0.4, -0.2) is 11.9 Å². The molecule has 1 unspecified atom stereocenters. The first-order valence-corrected chi connectivity index (χ1v) is 7.75. The molecule has 0 aliphatic carbocycles. The molecule has 4 heteroatoms. The quantitative estimate of drug-likeness (QED) is 0.855. The van der Waals surface area contributed by atoms with Crippen molar-refractivity contribution in [1.29, 1.82) is 0 Å². The van der Waals surface area contributed by atoms with E-state index in [0.29, 0.717) is 22.9 Å². The summed E-state index contributed by atoms with van der Waals surface area (Å²) in [6, 6.07) is 14.9. The molecule has 0 saturated heterocycles. The van der Waals surface area contributed by atoms with Crippen molar-refractivity contribution in [2.45, 2.75) is 32.9 Å². The summed E-state index contributed by atoms with van der Waals surface area (Å²) >= 11 is 6.10. The van der Waals surface area contributed by atoms with E-state index in [1.54, 1.807) is 12.1 Å². The fraction of sp³-hybridized carbons (Fsp3) is 0.278. The minimum Gasteiger partial charge on any atom is -0.489 e. The van der Waals surface area contributed by atoms with E-state index in [0.717, 1.165) is 12.0 Å². The smallest absolute Gasteiger partial charge is 0.251 e. The van der Waals surface area contributed by atoms with Gasteiger partial charge in [-0.1, -0.05) is 42.8 Å². The maximum Gasteiger partial charge on any atom is 0.251 e. The first kappa shape index (κ1) is 16.4. The van der Waals surface area contributed by atoms with E-state index < -0.39 is 0 Å². The second kappa shape index (κ2) is 7.85. The summed E-state index contributed by atoms with van der Waals surface area (Å²) in [5, 5.41) is 3.61. The summed E-state index contributed by atoms with van der Waals surface area (Å²) in [6.45, 7) is 4.39. The van der Waals surface area contributed by atoms with Crippen LogP contribution < -0.4 is 10.1 Å². The second-order valence-corrected chi connectivity index (χ2v) is 5.60. The molecule has 0 bridgehead atoms. The highest BCUT2D eigenvalue weighted by Gasteiger charge is 2.09. The zero-order valence-electron chi connectivity index (χ0n) is 12.8. The van der Waals surface area contributed by atoms with E-state index in [4.69, 9.17) is 16.3 Å². The molecule has 1 amide bonds. The molecule has 0 aliphatic heterocycles. The van der Waals surface area contributed by atoms with Crippen LogP contribution in [0.25, 0.3) is 0 Å². The highest BCUT2D eigenvalue weighted by molar-refractivity contribution is 6.31. The lowest BCUT2D eigenvalue weighted by atomic mass is 10.1. The zero-order chi connectivity index (χ0) is 15.9. The number of hydrogen-bond acceptors (Lipinski definition) is 2. The van der Waals surface area contributed by atoms with Crippen molar-refractivity contribution in [2.75, 3.05) is 0 Å². The van der Waals surface area contributed by atoms with Gasteiger partial charge in [0, 0.05) is 22.2 Å². The third kappa shape index (κ3) is 4.50. The zero-order valence-corrected chi connectivity index (χ0v) is 13.6. The summed E-state index contributed by atoms with van der Waals surface area (Å²) < 4.78 is 5.73. The molecule has 1 N–H and O–H groups in total. The predicted octanol–water partition coefficient (Wildman–Crippen LogP) is 4.45. The van der Waals surface area contributed by atoms with Crippen LogP contribution in [0.1, 0.15) is 36.2 Å². The minimum absolute atomic E-state index is 0.0856. The Morgan fingerprint density at radius 3 is 2.73 bits per heavy atom. The molecule has 0 radical (unpaired) electrons. The number of rotatable bonds is 6. The second-order valence-electron chi connectivity index (χ2n) is 5.19. The first-order chi connectivity index (χ1) is 10.6. The van der Waals surface area contributed by atoms with Crippen molar-refractivity contribution < 1.29 is 9.53 Å². The van der Waals surface area contributed by atoms with Gasteiger partial charge in [0.05, 0.1) is 0 Å². The van der Waals surface area contributed by atoms with Gasteiger partial charge in [0.15, 0.2) is 0 Å². The largest absolute Gasteiger partial charge is 0.489 e. The monoisotopic (exact) mass is 317 g/mol. The fourth-order valence-corrected chi connectivity index (χ4v) is 2.10. The molecule has 1 atom stereocenters. The van der Waals surface area contributed by atoms with Gasteiger partial charge in [-0.05, 0) is 37.6 Å². The number of amides is 1. The molecule has 0 saturated carbocycles. The Hall–Kier alpha value is -2.00. The van der Waals surface area contributed by atoms with E-state index in [2.05, 4.69) is 5.32 Å². The number of carbonyl (C=O) groups excluding carboxylic acids is 1. The van der Waals surface area contributed by atoms with Crippen LogP contribution in [-0.2, 0) is 6.61 Å². The number of nitrogens with one attached hydrogen (secondary N) is 1. The van der Waals surface area contributed by atoms with E-state index in [-0.39, 0.29) is 11.9 Å². The van der Waals surface area contributed by atoms with Gasteiger partial charge in [0.25, 0.3) is 5.91 Å². The molecular formula is C18H20ClNO2. The molecule has 22 heavy (non-hydrogen) atoms. The lowest BCUT2D eigenvalue weighted by Crippen LogP contribution is -2.31. The maximum absolute atomic E-state index is 12.1. The van der Waals surface area contributed by atoms with Gasteiger partial charge < -0.3 is 10.1 Å². The minimum atomic E-state index is -0.0856. The number of carbonyl (C=O) groups is 1. The Balaban J connectivity index is 2.02. The summed E-state index contributed by atoms with van der Waals surface area (Å²) in [5.41, 5.74) is 1.51. The van der Waals surface area contributed by atoms with Crippen molar-refractivity contribution in [3.63, 3.8) is 0 Å². The Labute approximate surface area is 136 Å². The predicted molar refractivity (Wildman–Crippen MR) is 89.4 cm³/mol. The van der Waals surface area contributed by atoms with E-state index in [9.17, 15) is 4.79 Å². The van der Waals surface area contributed by atoms with Gasteiger partial charge in [-0.15, -0.1) is 0 Å². The van der Waals surface area contributed by atoms with Crippen molar-refractivity contribution in [1.82, 2.24) is 5.32 Å². The van der Waals surface area contributed by atoms with Gasteiger partial charge in [0.2, 0.25) is 0 Å². The average Bonchev–Trinajstić information content (AvgIpc) is 2.54. The normalized spacial score (nSPS) is 11.8. The number of ether oxygens (including phenoxy) is 1. The van der Waals surface area contributed by atoms with Crippen molar-refractivity contribution >= 4 is 17.5 Å². The Morgan fingerprint density at radius 2 is 2.00 bits per heavy atom. The molecule has 0 fully saturated rings. The SMILES string of the molecule is CCC(C)NC(=O)c1cccc(OCc2ccccc2Cl)c1. The molecule has 0 aliphatic rings. The molecule has 116 valence electrons. The molecule has 2 aromatic carbocycles. The Bertz CT molecular complexity index is 642. The molecule has 2 rings (SSSR count). The van der Waals surface area contributed by atoms with Crippen molar-refractivity contribution in [2.24, 2.45) is 0 Å². The summed E-state index contributed by atoms with van der Waals surface area (Å²) in [6.07, 6.45) is 0.897. The van der Waals surface area contributed by atoms with Crippen LogP contribution in [0.4, 0.5) is 0 Å². The third-order valence-corrected chi connectivity index (χ3v) is 3.81. The summed E-state index contributed by atoms with van der Waals surface area (Å²) in [7, 11) is 0. The fourth-order valence-electron chi connectivity index (χ4n) is 1.91. The van der Waals surface area contributed by atoms with Crippen molar-refractivity contribution in [3.8, 4) is 5.75 Å². The summed E-state index contributed by atoms with van der Waals surface area (Å²) in [4.78, 5) is 12.1. The molecule has 3 nitrogen and oxygen atoms in total. The van der Waals surface area contributed by atoms with Gasteiger partial charge in [-0.2, -0.15) is 0 Å². The lowest BCUT2D eigenvalue weighted by Gasteiger charge is -2.12. The van der Waals surface area contributed by atoms with Gasteiger partial charge in [-0.3, -0.25) is 4.79 Å². The van der Waals surface area contributed by atoms with Crippen LogP contribution in [0.15, 0.2) is 48.5 Å². The van der Waals surface area contributed by atoms with Crippen molar-refractivity contribution in [3.05, 3.63) is 64.7 Å². The molecule has 2 aromatic rings. The highest BCUT2D eigenvalue weighted by Crippen LogP contribution is 2.19. The van der Waals surface area contributed by atoms with Gasteiger partial charge in [-0.25, -0.2) is 0 Å². The maximum atomic E-state index is 12.1. The topological polar surface area (TPSA) is 38.3 Å². The van der Waals surface area contributed by atoms with E-state index >= 15 is 0 Å². The highest BCUT2D eigenvalue weighted by atomic mass is 35.5. The lowest BCUT2D eigenvalue weighted by molar-refractivity contribution is 0.0939. The van der Waals surface area contributed by atoms with Crippen LogP contribution in [0.3, 0.4) is 0 Å². The van der Waals surface area contributed by atoms with Gasteiger partial charge >= 0.3 is 0 Å². The molecule has 0 aromatic heterocycles. The third-order valence-electron chi connectivity index (χ3n) is 3.44. The number of halogens is 1. The first-order valence-electron chi connectivity index (χ1n) is 7.37. The molecule has 0 heterocycles. The van der Waals surface area contributed by atoms with E-state index in [1.807, 2.05) is 50.2 Å². The average molecular weight is 318 g/mol. The van der Waals surface area contributed by atoms with Crippen LogP contribution in [0.2, 0.25) is 5.02 Å². The van der Waals surface area contributed by atoms with E-state index in [1.165, 1.54) is 0 Å². The Kier molecular flexibility index (Phi) is 5.84. The molecule has 0 spiro atoms. The summed E-state index contributed by atoms with van der Waals surface area (Å²) in [5.74, 6) is 0.564. The van der Waals surface area contributed by atoms with Crippen LogP contribution in [0.5, 0.6) is 5.75 Å². The van der Waals surface area contributed by atoms with Crippen LogP contribution >= 0.6 is 11.6 Å². The van der Waals surface area contributed by atoms with Crippen LogP contribution in [0, 0.1) is 0 Å². The Morgan fingerprint density at radius 1 is 1.23 bits per heavy atom. The standard InChI is InChI=1S/C18H20ClNO2/c1-3-13(2)20-18(21)14-8-6-9-16(11-14)22-12-15-7-4-5-10-17(15)19/h4-11,13H,3,12H2,1-2H3,(H,20,21). The number of benzene rings is 2. The number of hydrogen-bond donors (Lipinski definition) is 1. The van der Waals surface area contributed by atoms with Gasteiger partial charge in [0.1, 0.15) is 12.4 Å².